The maximum absolute atomic E-state index is 12.4. The second-order valence-corrected chi connectivity index (χ2v) is 7.64. The number of hydrogen-bond acceptors (Lipinski definition) is 6. The number of nitrogens with zero attached hydrogens (tertiary/aromatic N) is 6. The summed E-state index contributed by atoms with van der Waals surface area (Å²) in [5, 5.41) is 4.61. The van der Waals surface area contributed by atoms with E-state index in [2.05, 4.69) is 25.7 Å². The van der Waals surface area contributed by atoms with E-state index in [4.69, 9.17) is 9.72 Å². The molecule has 0 saturated carbocycles. The van der Waals surface area contributed by atoms with Gasteiger partial charge in [0.15, 0.2) is 0 Å². The zero-order valence-corrected chi connectivity index (χ0v) is 16.3. The van der Waals surface area contributed by atoms with Crippen LogP contribution in [0.15, 0.2) is 47.7 Å². The van der Waals surface area contributed by atoms with Crippen LogP contribution in [0.2, 0.25) is 0 Å². The number of hydrogen-bond donors (Lipinski definition) is 0. The third kappa shape index (κ3) is 3.86. The Labute approximate surface area is 168 Å². The van der Waals surface area contributed by atoms with Gasteiger partial charge in [-0.25, -0.2) is 9.67 Å². The van der Waals surface area contributed by atoms with Crippen molar-refractivity contribution in [2.24, 2.45) is 0 Å². The van der Waals surface area contributed by atoms with Crippen molar-refractivity contribution < 1.29 is 4.74 Å². The molecule has 5 heterocycles. The summed E-state index contributed by atoms with van der Waals surface area (Å²) >= 11 is 0. The Balaban J connectivity index is 1.33. The maximum atomic E-state index is 12.4. The molecule has 1 unspecified atom stereocenters. The smallest absolute Gasteiger partial charge is 0.266 e. The Morgan fingerprint density at radius 1 is 1.14 bits per heavy atom. The lowest BCUT2D eigenvalue weighted by Gasteiger charge is -2.24. The summed E-state index contributed by atoms with van der Waals surface area (Å²) in [7, 11) is 0. The summed E-state index contributed by atoms with van der Waals surface area (Å²) in [6, 6.07) is 7.47. The van der Waals surface area contributed by atoms with Crippen molar-refractivity contribution in [2.75, 3.05) is 13.2 Å². The highest BCUT2D eigenvalue weighted by molar-refractivity contribution is 5.56. The second kappa shape index (κ2) is 7.88. The highest BCUT2D eigenvalue weighted by Gasteiger charge is 2.27. The van der Waals surface area contributed by atoms with Crippen LogP contribution in [0.1, 0.15) is 24.4 Å². The minimum absolute atomic E-state index is 0.0655. The zero-order chi connectivity index (χ0) is 19.6. The van der Waals surface area contributed by atoms with E-state index in [1.807, 2.05) is 12.1 Å². The lowest BCUT2D eigenvalue weighted by Crippen LogP contribution is -2.36. The monoisotopic (exact) mass is 392 g/mol. The molecule has 3 aromatic heterocycles. The Morgan fingerprint density at radius 3 is 2.90 bits per heavy atom. The van der Waals surface area contributed by atoms with Gasteiger partial charge in [0, 0.05) is 49.4 Å². The standard InChI is InChI=1S/C21H24N6O2/c28-21-4-3-19(16-5-7-22-8-6-16)24-27(21)14-18-2-1-9-25(18)12-17-13-26-10-11-29-15-20(26)23-17/h3-8,13,18H,1-2,9-12,14-15H2. The number of rotatable bonds is 5. The highest BCUT2D eigenvalue weighted by Crippen LogP contribution is 2.22. The van der Waals surface area contributed by atoms with E-state index in [1.165, 1.54) is 0 Å². The summed E-state index contributed by atoms with van der Waals surface area (Å²) in [6.45, 7) is 4.61. The van der Waals surface area contributed by atoms with Gasteiger partial charge in [0.1, 0.15) is 12.4 Å². The largest absolute Gasteiger partial charge is 0.372 e. The summed E-state index contributed by atoms with van der Waals surface area (Å²) in [5.41, 5.74) is 2.76. The van der Waals surface area contributed by atoms with Crippen molar-refractivity contribution in [3.63, 3.8) is 0 Å². The van der Waals surface area contributed by atoms with Crippen LogP contribution in [0.3, 0.4) is 0 Å². The van der Waals surface area contributed by atoms with E-state index in [0.29, 0.717) is 13.2 Å². The molecule has 150 valence electrons. The minimum atomic E-state index is -0.0655. The predicted molar refractivity (Wildman–Crippen MR) is 107 cm³/mol. The second-order valence-electron chi connectivity index (χ2n) is 7.64. The molecule has 0 spiro atoms. The van der Waals surface area contributed by atoms with Gasteiger partial charge in [-0.1, -0.05) is 0 Å². The maximum Gasteiger partial charge on any atom is 0.266 e. The Bertz CT molecular complexity index is 1020. The third-order valence-electron chi connectivity index (χ3n) is 5.71. The van der Waals surface area contributed by atoms with Gasteiger partial charge in [0.25, 0.3) is 5.56 Å². The molecule has 3 aromatic rings. The minimum Gasteiger partial charge on any atom is -0.372 e. The lowest BCUT2D eigenvalue weighted by atomic mass is 10.2. The fourth-order valence-electron chi connectivity index (χ4n) is 4.20. The molecule has 0 N–H and O–H groups in total. The van der Waals surface area contributed by atoms with Crippen LogP contribution >= 0.6 is 0 Å². The van der Waals surface area contributed by atoms with E-state index >= 15 is 0 Å². The van der Waals surface area contributed by atoms with Gasteiger partial charge in [-0.3, -0.25) is 14.7 Å². The molecule has 8 nitrogen and oxygen atoms in total. The van der Waals surface area contributed by atoms with E-state index in [9.17, 15) is 4.79 Å². The van der Waals surface area contributed by atoms with Gasteiger partial charge in [0.2, 0.25) is 0 Å². The quantitative estimate of drug-likeness (QED) is 0.658. The van der Waals surface area contributed by atoms with E-state index in [0.717, 1.165) is 61.9 Å². The molecule has 1 atom stereocenters. The molecule has 1 fully saturated rings. The number of aromatic nitrogens is 5. The topological polar surface area (TPSA) is 78.1 Å². The summed E-state index contributed by atoms with van der Waals surface area (Å²) in [5.74, 6) is 1.00. The van der Waals surface area contributed by atoms with Crippen molar-refractivity contribution in [3.05, 3.63) is 64.7 Å². The highest BCUT2D eigenvalue weighted by atomic mass is 16.5. The number of imidazole rings is 1. The first-order valence-corrected chi connectivity index (χ1v) is 10.1. The number of ether oxygens (including phenoxy) is 1. The van der Waals surface area contributed by atoms with E-state index < -0.39 is 0 Å². The predicted octanol–water partition coefficient (Wildman–Crippen LogP) is 1.70. The summed E-state index contributed by atoms with van der Waals surface area (Å²) < 4.78 is 9.28. The zero-order valence-electron chi connectivity index (χ0n) is 16.3. The average molecular weight is 392 g/mol. The van der Waals surface area contributed by atoms with Gasteiger partial charge < -0.3 is 9.30 Å². The van der Waals surface area contributed by atoms with Crippen molar-refractivity contribution in [1.29, 1.82) is 0 Å². The molecule has 2 aliphatic heterocycles. The first-order valence-electron chi connectivity index (χ1n) is 10.1. The molecule has 8 heteroatoms. The molecule has 0 radical (unpaired) electrons. The van der Waals surface area contributed by atoms with Gasteiger partial charge in [-0.05, 0) is 37.6 Å². The van der Waals surface area contributed by atoms with Crippen LogP contribution in [0.5, 0.6) is 0 Å². The fourth-order valence-corrected chi connectivity index (χ4v) is 4.20. The number of likely N-dealkylation sites (tertiary alicyclic amines) is 1. The number of pyridine rings is 1. The normalized spacial score (nSPS) is 19.4. The lowest BCUT2D eigenvalue weighted by molar-refractivity contribution is 0.0816. The van der Waals surface area contributed by atoms with Crippen LogP contribution in [0.4, 0.5) is 0 Å². The Morgan fingerprint density at radius 2 is 2.03 bits per heavy atom. The van der Waals surface area contributed by atoms with Gasteiger partial charge in [0.05, 0.1) is 24.5 Å². The Kier molecular flexibility index (Phi) is 4.95. The van der Waals surface area contributed by atoms with Crippen LogP contribution in [0.25, 0.3) is 11.3 Å². The molecular weight excluding hydrogens is 368 g/mol. The van der Waals surface area contributed by atoms with Gasteiger partial charge >= 0.3 is 0 Å². The first-order chi connectivity index (χ1) is 14.3. The third-order valence-corrected chi connectivity index (χ3v) is 5.71. The molecule has 0 aliphatic carbocycles. The molecule has 0 aromatic carbocycles. The molecule has 1 saturated heterocycles. The van der Waals surface area contributed by atoms with E-state index in [-0.39, 0.29) is 11.6 Å². The molecule has 0 bridgehead atoms. The van der Waals surface area contributed by atoms with Gasteiger partial charge in [-0.15, -0.1) is 0 Å². The molecule has 2 aliphatic rings. The fraction of sp³-hybridized carbons (Fsp3) is 0.429. The van der Waals surface area contributed by atoms with Crippen molar-refractivity contribution in [3.8, 4) is 11.3 Å². The number of fused-ring (bicyclic) bond motifs is 1. The van der Waals surface area contributed by atoms with E-state index in [1.54, 1.807) is 29.2 Å². The SMILES string of the molecule is O=c1ccc(-c2ccncc2)nn1CC1CCCN1Cc1cn2c(n1)COCC2. The molecule has 5 rings (SSSR count). The van der Waals surface area contributed by atoms with Gasteiger partial charge in [-0.2, -0.15) is 5.10 Å². The van der Waals surface area contributed by atoms with Crippen molar-refractivity contribution in [2.45, 2.75) is 45.1 Å². The van der Waals surface area contributed by atoms with Crippen molar-refractivity contribution >= 4 is 0 Å². The average Bonchev–Trinajstić information content (AvgIpc) is 3.36. The van der Waals surface area contributed by atoms with Crippen LogP contribution in [0, 0.1) is 0 Å². The summed E-state index contributed by atoms with van der Waals surface area (Å²) in [6.07, 6.45) is 7.80. The first kappa shape index (κ1) is 18.2. The van der Waals surface area contributed by atoms with Crippen LogP contribution < -0.4 is 5.56 Å². The molecule has 29 heavy (non-hydrogen) atoms. The van der Waals surface area contributed by atoms with Crippen molar-refractivity contribution in [1.82, 2.24) is 29.2 Å². The summed E-state index contributed by atoms with van der Waals surface area (Å²) in [4.78, 5) is 23.6. The van der Waals surface area contributed by atoms with Crippen LogP contribution in [-0.4, -0.2) is 48.4 Å². The molecule has 0 amide bonds. The molecular formula is C21H24N6O2. The van der Waals surface area contributed by atoms with Crippen LogP contribution in [-0.2, 0) is 31.0 Å². The Hall–Kier alpha value is -2.84.